The number of benzene rings is 2. The number of aromatic nitrogens is 2. The van der Waals surface area contributed by atoms with E-state index in [9.17, 15) is 9.59 Å². The topological polar surface area (TPSA) is 64.0 Å². The summed E-state index contributed by atoms with van der Waals surface area (Å²) < 4.78 is 1.61. The van der Waals surface area contributed by atoms with E-state index in [4.69, 9.17) is 4.98 Å². The largest absolute Gasteiger partial charge is 0.325 e. The Balaban J connectivity index is 1.70. The van der Waals surface area contributed by atoms with Crippen LogP contribution in [0.2, 0.25) is 0 Å². The number of carbonyl (C=O) groups excluding carboxylic acids is 1. The summed E-state index contributed by atoms with van der Waals surface area (Å²) in [5, 5.41) is 4.16. The van der Waals surface area contributed by atoms with Crippen molar-refractivity contribution in [2.45, 2.75) is 32.9 Å². The average Bonchev–Trinajstić information content (AvgIpc) is 3.03. The molecule has 0 spiro atoms. The predicted octanol–water partition coefficient (Wildman–Crippen LogP) is 5.41. The Morgan fingerprint density at radius 2 is 1.71 bits per heavy atom. The van der Waals surface area contributed by atoms with Gasteiger partial charge in [0.15, 0.2) is 5.16 Å². The van der Waals surface area contributed by atoms with Crippen molar-refractivity contribution in [1.29, 1.82) is 0 Å². The molecule has 2 aromatic carbocycles. The number of thiophene rings is 1. The Bertz CT molecular complexity index is 1320. The first-order valence-corrected chi connectivity index (χ1v) is 11.7. The number of carbonyl (C=O) groups is 1. The van der Waals surface area contributed by atoms with E-state index in [1.54, 1.807) is 4.57 Å². The van der Waals surface area contributed by atoms with Crippen LogP contribution < -0.4 is 10.9 Å². The third kappa shape index (κ3) is 4.16. The van der Waals surface area contributed by atoms with E-state index in [0.29, 0.717) is 15.4 Å². The molecule has 2 aromatic heterocycles. The van der Waals surface area contributed by atoms with E-state index in [0.717, 1.165) is 32.9 Å². The van der Waals surface area contributed by atoms with Crippen LogP contribution in [0.5, 0.6) is 0 Å². The molecule has 1 N–H and O–H groups in total. The molecule has 5 nitrogen and oxygen atoms in total. The monoisotopic (exact) mass is 449 g/mol. The fraction of sp³-hybridized carbons (Fsp3) is 0.208. The number of hydrogen-bond donors (Lipinski definition) is 1. The third-order valence-electron chi connectivity index (χ3n) is 5.26. The zero-order valence-electron chi connectivity index (χ0n) is 17.9. The van der Waals surface area contributed by atoms with Crippen LogP contribution >= 0.6 is 23.1 Å². The van der Waals surface area contributed by atoms with Gasteiger partial charge in [0.25, 0.3) is 5.56 Å². The van der Waals surface area contributed by atoms with Gasteiger partial charge in [-0.2, -0.15) is 0 Å². The van der Waals surface area contributed by atoms with Gasteiger partial charge in [-0.25, -0.2) is 4.98 Å². The van der Waals surface area contributed by atoms with Crippen molar-refractivity contribution in [3.63, 3.8) is 0 Å². The van der Waals surface area contributed by atoms with Crippen molar-refractivity contribution in [2.24, 2.45) is 0 Å². The number of nitrogens with one attached hydrogen (secondary N) is 1. The maximum absolute atomic E-state index is 13.4. The second kappa shape index (κ2) is 8.69. The summed E-state index contributed by atoms with van der Waals surface area (Å²) >= 11 is 2.78. The molecular weight excluding hydrogens is 426 g/mol. The molecular formula is C24H23N3O2S2. The van der Waals surface area contributed by atoms with E-state index in [2.05, 4.69) is 5.32 Å². The van der Waals surface area contributed by atoms with Crippen LogP contribution in [0.4, 0.5) is 5.69 Å². The molecule has 0 aliphatic rings. The Morgan fingerprint density at radius 3 is 2.39 bits per heavy atom. The van der Waals surface area contributed by atoms with Crippen molar-refractivity contribution in [3.05, 3.63) is 80.5 Å². The van der Waals surface area contributed by atoms with Gasteiger partial charge in [-0.15, -0.1) is 11.3 Å². The van der Waals surface area contributed by atoms with Crippen LogP contribution in [-0.4, -0.2) is 21.2 Å². The van der Waals surface area contributed by atoms with E-state index in [1.807, 2.05) is 76.2 Å². The van der Waals surface area contributed by atoms with Crippen molar-refractivity contribution in [1.82, 2.24) is 9.55 Å². The molecule has 31 heavy (non-hydrogen) atoms. The number of amides is 1. The van der Waals surface area contributed by atoms with E-state index in [1.165, 1.54) is 23.1 Å². The number of nitrogens with zero attached hydrogens (tertiary/aromatic N) is 2. The highest BCUT2D eigenvalue weighted by Crippen LogP contribution is 2.29. The van der Waals surface area contributed by atoms with Crippen LogP contribution in [-0.2, 0) is 4.79 Å². The minimum Gasteiger partial charge on any atom is -0.325 e. The lowest BCUT2D eigenvalue weighted by atomic mass is 10.1. The van der Waals surface area contributed by atoms with E-state index < -0.39 is 0 Å². The highest BCUT2D eigenvalue weighted by atomic mass is 32.2. The quantitative estimate of drug-likeness (QED) is 0.327. The molecule has 0 unspecified atom stereocenters. The van der Waals surface area contributed by atoms with Gasteiger partial charge in [-0.05, 0) is 56.5 Å². The Labute approximate surface area is 189 Å². The molecule has 7 heteroatoms. The van der Waals surface area contributed by atoms with Crippen molar-refractivity contribution in [3.8, 4) is 5.69 Å². The maximum Gasteiger partial charge on any atom is 0.267 e. The Hall–Kier alpha value is -2.90. The number of anilines is 1. The molecule has 4 rings (SSSR count). The minimum atomic E-state index is -0.130. The Kier molecular flexibility index (Phi) is 5.98. The molecule has 0 saturated carbocycles. The fourth-order valence-corrected chi connectivity index (χ4v) is 5.38. The van der Waals surface area contributed by atoms with Gasteiger partial charge in [-0.1, -0.05) is 48.2 Å². The predicted molar refractivity (Wildman–Crippen MR) is 130 cm³/mol. The van der Waals surface area contributed by atoms with Crippen LogP contribution in [0.15, 0.2) is 58.5 Å². The number of rotatable bonds is 5. The van der Waals surface area contributed by atoms with Crippen LogP contribution in [0.3, 0.4) is 0 Å². The van der Waals surface area contributed by atoms with Crippen molar-refractivity contribution in [2.75, 3.05) is 11.1 Å². The normalized spacial score (nSPS) is 11.1. The molecule has 0 bridgehead atoms. The number of hydrogen-bond acceptors (Lipinski definition) is 5. The average molecular weight is 450 g/mol. The van der Waals surface area contributed by atoms with Gasteiger partial charge in [0.2, 0.25) is 5.91 Å². The maximum atomic E-state index is 13.4. The summed E-state index contributed by atoms with van der Waals surface area (Å²) in [5.74, 6) is 0.0249. The van der Waals surface area contributed by atoms with Gasteiger partial charge in [0, 0.05) is 10.6 Å². The molecule has 0 aliphatic heterocycles. The van der Waals surface area contributed by atoms with Crippen LogP contribution in [0, 0.1) is 27.7 Å². The lowest BCUT2D eigenvalue weighted by molar-refractivity contribution is -0.113. The molecule has 2 heterocycles. The Morgan fingerprint density at radius 1 is 1.03 bits per heavy atom. The summed E-state index contributed by atoms with van der Waals surface area (Å²) in [5.41, 5.74) is 4.47. The molecule has 158 valence electrons. The lowest BCUT2D eigenvalue weighted by Gasteiger charge is -2.13. The number of aryl methyl sites for hydroxylation is 4. The minimum absolute atomic E-state index is 0.101. The molecule has 0 saturated heterocycles. The lowest BCUT2D eigenvalue weighted by Crippen LogP contribution is -2.23. The highest BCUT2D eigenvalue weighted by molar-refractivity contribution is 7.99. The zero-order valence-corrected chi connectivity index (χ0v) is 19.5. The summed E-state index contributed by atoms with van der Waals surface area (Å²) in [6.45, 7) is 7.90. The first-order valence-electron chi connectivity index (χ1n) is 9.94. The third-order valence-corrected chi connectivity index (χ3v) is 7.30. The van der Waals surface area contributed by atoms with Crippen LogP contribution in [0.1, 0.15) is 21.6 Å². The number of thioether (sulfide) groups is 1. The van der Waals surface area contributed by atoms with Gasteiger partial charge >= 0.3 is 0 Å². The zero-order chi connectivity index (χ0) is 22.1. The van der Waals surface area contributed by atoms with Crippen molar-refractivity contribution >= 4 is 44.9 Å². The van der Waals surface area contributed by atoms with Gasteiger partial charge in [-0.3, -0.25) is 14.2 Å². The molecule has 0 fully saturated rings. The van der Waals surface area contributed by atoms with Gasteiger partial charge in [0.1, 0.15) is 4.83 Å². The summed E-state index contributed by atoms with van der Waals surface area (Å²) in [6, 6.07) is 15.4. The molecule has 0 radical (unpaired) electrons. The second-order valence-corrected chi connectivity index (χ2v) is 9.58. The first-order chi connectivity index (χ1) is 14.9. The number of para-hydroxylation sites is 2. The second-order valence-electron chi connectivity index (χ2n) is 7.44. The first kappa shape index (κ1) is 21.3. The summed E-state index contributed by atoms with van der Waals surface area (Å²) in [6.07, 6.45) is 0. The number of fused-ring (bicyclic) bond motifs is 1. The van der Waals surface area contributed by atoms with Crippen molar-refractivity contribution < 1.29 is 4.79 Å². The summed E-state index contributed by atoms with van der Waals surface area (Å²) in [7, 11) is 0. The molecule has 4 aromatic rings. The molecule has 0 atom stereocenters. The highest BCUT2D eigenvalue weighted by Gasteiger charge is 2.19. The molecule has 0 aliphatic carbocycles. The smallest absolute Gasteiger partial charge is 0.267 e. The van der Waals surface area contributed by atoms with E-state index >= 15 is 0 Å². The SMILES string of the molecule is Cc1cccc(C)c1NC(=O)CSc1nc2sc(C)c(C)c2c(=O)n1-c1ccccc1. The van der Waals surface area contributed by atoms with Gasteiger partial charge < -0.3 is 5.32 Å². The van der Waals surface area contributed by atoms with Crippen LogP contribution in [0.25, 0.3) is 15.9 Å². The standard InChI is InChI=1S/C24H23N3O2S2/c1-14-9-8-10-15(2)21(14)25-19(28)13-30-24-26-22-20(16(3)17(4)31-22)23(29)27(24)18-11-6-5-7-12-18/h5-12H,13H2,1-4H3,(H,25,28). The van der Waals surface area contributed by atoms with E-state index in [-0.39, 0.29) is 17.2 Å². The van der Waals surface area contributed by atoms with Gasteiger partial charge in [0.05, 0.1) is 16.8 Å². The fourth-order valence-electron chi connectivity index (χ4n) is 3.49. The summed E-state index contributed by atoms with van der Waals surface area (Å²) in [4.78, 5) is 32.7. The molecule has 1 amide bonds.